The van der Waals surface area contributed by atoms with Crippen molar-refractivity contribution in [2.24, 2.45) is 5.92 Å². The molecule has 2 fully saturated rings. The number of nitrogens with zero attached hydrogens (tertiary/aromatic N) is 2. The Morgan fingerprint density at radius 2 is 1.55 bits per heavy atom. The number of carbonyl (C=O) groups excluding carboxylic acids is 2. The second kappa shape index (κ2) is 7.64. The monoisotopic (exact) mass is 456 g/mol. The lowest BCUT2D eigenvalue weighted by atomic mass is 9.90. The molecule has 0 unspecified atom stereocenters. The molecule has 2 amide bonds. The van der Waals surface area contributed by atoms with E-state index < -0.39 is 35.7 Å². The van der Waals surface area contributed by atoms with Gasteiger partial charge < -0.3 is 0 Å². The Kier molecular flexibility index (Phi) is 4.93. The van der Waals surface area contributed by atoms with Crippen LogP contribution in [0.4, 0.5) is 15.8 Å². The molecule has 3 aromatic carbocycles. The summed E-state index contributed by atoms with van der Waals surface area (Å²) in [6, 6.07) is 18.7. The van der Waals surface area contributed by atoms with Gasteiger partial charge in [0.25, 0.3) is 5.91 Å². The molecule has 2 aliphatic rings. The molecule has 0 aliphatic carbocycles. The van der Waals surface area contributed by atoms with Gasteiger partial charge in [-0.3, -0.25) is 14.4 Å². The van der Waals surface area contributed by atoms with Crippen molar-refractivity contribution in [3.8, 4) is 0 Å². The van der Waals surface area contributed by atoms with Crippen LogP contribution in [0, 0.1) is 11.7 Å². The number of halogens is 3. The first-order valence-corrected chi connectivity index (χ1v) is 10.3. The number of fused-ring (bicyclic) bond motifs is 1. The van der Waals surface area contributed by atoms with Crippen molar-refractivity contribution in [1.29, 1.82) is 0 Å². The molecule has 2 aliphatic heterocycles. The highest BCUT2D eigenvalue weighted by Crippen LogP contribution is 2.49. The summed E-state index contributed by atoms with van der Waals surface area (Å²) < 4.78 is 13.4. The summed E-state index contributed by atoms with van der Waals surface area (Å²) >= 11 is 12.6. The number of anilines is 2. The highest BCUT2D eigenvalue weighted by atomic mass is 35.5. The van der Waals surface area contributed by atoms with Gasteiger partial charge >= 0.3 is 0 Å². The summed E-state index contributed by atoms with van der Waals surface area (Å²) in [4.78, 5) is 33.7. The van der Waals surface area contributed by atoms with Gasteiger partial charge in [-0.2, -0.15) is 0 Å². The first kappa shape index (κ1) is 20.0. The lowest BCUT2D eigenvalue weighted by molar-refractivity contribution is -0.126. The molecule has 5 rings (SSSR count). The average molecular weight is 457 g/mol. The van der Waals surface area contributed by atoms with E-state index in [2.05, 4.69) is 0 Å². The number of carbonyl (C=O) groups is 2. The molecule has 3 aromatic rings. The van der Waals surface area contributed by atoms with E-state index in [9.17, 15) is 14.0 Å². The minimum atomic E-state index is -1.03. The molecule has 2 saturated heterocycles. The Morgan fingerprint density at radius 3 is 2.23 bits per heavy atom. The van der Waals surface area contributed by atoms with E-state index in [1.54, 1.807) is 23.3 Å². The predicted molar refractivity (Wildman–Crippen MR) is 115 cm³/mol. The number of imide groups is 1. The smallest absolute Gasteiger partial charge is 0.266 e. The van der Waals surface area contributed by atoms with Gasteiger partial charge in [0.1, 0.15) is 11.7 Å². The standard InChI is InChI=1S/C23H15Cl2FN2O3/c24-13-6-11-17(18(25)12-13)20-19-21(31-28(20)16-4-2-1-3-5-16)23(30)27(22(19)29)15-9-7-14(26)8-10-15/h1-12,19-21H/t19-,20-,21-/m0/s1. The highest BCUT2D eigenvalue weighted by molar-refractivity contribution is 6.35. The van der Waals surface area contributed by atoms with Crippen molar-refractivity contribution in [1.82, 2.24) is 0 Å². The van der Waals surface area contributed by atoms with Crippen molar-refractivity contribution in [2.45, 2.75) is 12.1 Å². The van der Waals surface area contributed by atoms with Crippen molar-refractivity contribution >= 4 is 46.4 Å². The van der Waals surface area contributed by atoms with Crippen LogP contribution in [0.5, 0.6) is 0 Å². The van der Waals surface area contributed by atoms with Crippen LogP contribution < -0.4 is 9.96 Å². The van der Waals surface area contributed by atoms with Gasteiger partial charge in [-0.25, -0.2) is 14.4 Å². The maximum atomic E-state index is 13.5. The second-order valence-electron chi connectivity index (χ2n) is 7.31. The van der Waals surface area contributed by atoms with Crippen LogP contribution in [0.15, 0.2) is 72.8 Å². The minimum Gasteiger partial charge on any atom is -0.273 e. The number of amides is 2. The van der Waals surface area contributed by atoms with Crippen LogP contribution in [-0.2, 0) is 14.4 Å². The van der Waals surface area contributed by atoms with Crippen molar-refractivity contribution in [3.05, 3.63) is 94.2 Å². The maximum absolute atomic E-state index is 13.5. The molecular formula is C23H15Cl2FN2O3. The summed E-state index contributed by atoms with van der Waals surface area (Å²) in [5, 5.41) is 2.38. The van der Waals surface area contributed by atoms with Gasteiger partial charge in [0.05, 0.1) is 17.4 Å². The molecule has 156 valence electrons. The Bertz CT molecular complexity index is 1170. The first-order valence-electron chi connectivity index (χ1n) is 9.55. The van der Waals surface area contributed by atoms with Crippen molar-refractivity contribution in [2.75, 3.05) is 9.96 Å². The number of benzene rings is 3. The van der Waals surface area contributed by atoms with E-state index >= 15 is 0 Å². The van der Waals surface area contributed by atoms with Gasteiger partial charge in [-0.1, -0.05) is 47.5 Å². The quantitative estimate of drug-likeness (QED) is 0.509. The zero-order chi connectivity index (χ0) is 21.7. The fraction of sp³-hybridized carbons (Fsp3) is 0.130. The Labute approximate surface area is 187 Å². The van der Waals surface area contributed by atoms with E-state index in [0.717, 1.165) is 4.90 Å². The average Bonchev–Trinajstić information content (AvgIpc) is 3.26. The Hall–Kier alpha value is -2.93. The molecule has 0 spiro atoms. The van der Waals surface area contributed by atoms with Gasteiger partial charge in [0, 0.05) is 10.0 Å². The lowest BCUT2D eigenvalue weighted by Gasteiger charge is -2.29. The molecule has 0 N–H and O–H groups in total. The highest BCUT2D eigenvalue weighted by Gasteiger charge is 2.60. The summed E-state index contributed by atoms with van der Waals surface area (Å²) in [6.45, 7) is 0. The van der Waals surface area contributed by atoms with Gasteiger partial charge in [0.2, 0.25) is 5.91 Å². The van der Waals surface area contributed by atoms with Gasteiger partial charge in [0.15, 0.2) is 6.10 Å². The third-order valence-electron chi connectivity index (χ3n) is 5.49. The van der Waals surface area contributed by atoms with Crippen LogP contribution in [-0.4, -0.2) is 17.9 Å². The van der Waals surface area contributed by atoms with E-state index in [0.29, 0.717) is 27.0 Å². The molecule has 5 nitrogen and oxygen atoms in total. The molecule has 0 aromatic heterocycles. The Morgan fingerprint density at radius 1 is 0.839 bits per heavy atom. The fourth-order valence-electron chi connectivity index (χ4n) is 4.12. The molecule has 2 heterocycles. The Balaban J connectivity index is 1.61. The van der Waals surface area contributed by atoms with Gasteiger partial charge in [-0.15, -0.1) is 0 Å². The number of hydrogen-bond acceptors (Lipinski definition) is 4. The van der Waals surface area contributed by atoms with Crippen LogP contribution >= 0.6 is 23.2 Å². The number of rotatable bonds is 3. The summed E-state index contributed by atoms with van der Waals surface area (Å²) in [5.74, 6) is -2.23. The normalized spacial score (nSPS) is 22.9. The summed E-state index contributed by atoms with van der Waals surface area (Å²) in [7, 11) is 0. The predicted octanol–water partition coefficient (Wildman–Crippen LogP) is 5.18. The third kappa shape index (κ3) is 3.28. The molecular weight excluding hydrogens is 442 g/mol. The SMILES string of the molecule is O=C1[C@@H]2[C@H](ON(c3ccccc3)[C@H]2c2ccc(Cl)cc2Cl)C(=O)N1c1ccc(F)cc1. The largest absolute Gasteiger partial charge is 0.273 e. The fourth-order valence-corrected chi connectivity index (χ4v) is 4.64. The van der Waals surface area contributed by atoms with Crippen LogP contribution in [0.2, 0.25) is 10.0 Å². The maximum Gasteiger partial charge on any atom is 0.266 e. The van der Waals surface area contributed by atoms with Crippen LogP contribution in [0.25, 0.3) is 0 Å². The lowest BCUT2D eigenvalue weighted by Crippen LogP contribution is -2.37. The zero-order valence-electron chi connectivity index (χ0n) is 15.9. The molecule has 3 atom stereocenters. The number of hydroxylamine groups is 1. The van der Waals surface area contributed by atoms with E-state index in [1.165, 1.54) is 24.3 Å². The number of hydrogen-bond donors (Lipinski definition) is 0. The van der Waals surface area contributed by atoms with Crippen molar-refractivity contribution in [3.63, 3.8) is 0 Å². The first-order chi connectivity index (χ1) is 15.0. The molecule has 0 radical (unpaired) electrons. The molecule has 0 bridgehead atoms. The van der Waals surface area contributed by atoms with Crippen LogP contribution in [0.1, 0.15) is 11.6 Å². The van der Waals surface area contributed by atoms with Crippen LogP contribution in [0.3, 0.4) is 0 Å². The topological polar surface area (TPSA) is 49.9 Å². The number of para-hydroxylation sites is 1. The summed E-state index contributed by atoms with van der Waals surface area (Å²) in [6.07, 6.45) is -1.03. The van der Waals surface area contributed by atoms with E-state index in [4.69, 9.17) is 28.0 Å². The minimum absolute atomic E-state index is 0.293. The zero-order valence-corrected chi connectivity index (χ0v) is 17.4. The van der Waals surface area contributed by atoms with E-state index in [1.807, 2.05) is 30.3 Å². The van der Waals surface area contributed by atoms with E-state index in [-0.39, 0.29) is 0 Å². The molecule has 8 heteroatoms. The van der Waals surface area contributed by atoms with Gasteiger partial charge in [-0.05, 0) is 54.1 Å². The molecule has 31 heavy (non-hydrogen) atoms. The third-order valence-corrected chi connectivity index (χ3v) is 6.05. The summed E-state index contributed by atoms with van der Waals surface area (Å²) in [5.41, 5.74) is 1.59. The van der Waals surface area contributed by atoms with Crippen molar-refractivity contribution < 1.29 is 18.8 Å². The molecule has 0 saturated carbocycles. The second-order valence-corrected chi connectivity index (χ2v) is 8.16.